The Labute approximate surface area is 362 Å². The van der Waals surface area contributed by atoms with Crippen molar-refractivity contribution in [3.05, 3.63) is 59.4 Å². The molecule has 0 aromatic heterocycles. The highest BCUT2D eigenvalue weighted by Gasteiger charge is 2.52. The van der Waals surface area contributed by atoms with Crippen LogP contribution in [0.4, 0.5) is 4.79 Å². The smallest absolute Gasteiger partial charge is 0.404 e. The number of hydrogen-bond acceptors (Lipinski definition) is 14. The summed E-state index contributed by atoms with van der Waals surface area (Å²) in [4.78, 5) is 25.4. The number of carbonyl (C=O) groups excluding carboxylic acids is 2. The fourth-order valence-electron chi connectivity index (χ4n) is 8.94. The number of esters is 1. The maximum absolute atomic E-state index is 13.9. The zero-order chi connectivity index (χ0) is 45.9. The molecule has 18 atom stereocenters. The number of hydrogen-bond donors (Lipinski definition) is 6. The number of aliphatic hydroxyl groups is 5. The SMILES string of the molecule is C/C=C/[C@H]1O[C@@](O)([C@@H](C)[C@H](O)[C@H](C)[C@H]2OC(=O)/C(OC)=C\C(C)=C/[C@@H](C)[C@@H](O)[C@@H](CC)[C@@H](O)[C@H](C)C/C(C)=C\C=C/[C@H]2OC)C[C@@H](O[C@H]2C[C@@H](O)[C@H](OC(N)=O)[C@@H](C)O2)[C@@H]1C. The predicted molar refractivity (Wildman–Crippen MR) is 228 cm³/mol. The van der Waals surface area contributed by atoms with Crippen LogP contribution in [0.25, 0.3) is 0 Å². The third-order valence-corrected chi connectivity index (χ3v) is 12.8. The van der Waals surface area contributed by atoms with Gasteiger partial charge < -0.3 is 64.4 Å². The Morgan fingerprint density at radius 2 is 1.77 bits per heavy atom. The first-order valence-corrected chi connectivity index (χ1v) is 21.7. The summed E-state index contributed by atoms with van der Waals surface area (Å²) in [6.07, 6.45) is 2.20. The van der Waals surface area contributed by atoms with Crippen LogP contribution in [0.1, 0.15) is 94.9 Å². The summed E-state index contributed by atoms with van der Waals surface area (Å²) < 4.78 is 41.4. The van der Waals surface area contributed by atoms with Gasteiger partial charge in [0.15, 0.2) is 18.2 Å². The van der Waals surface area contributed by atoms with Crippen LogP contribution in [-0.4, -0.2) is 125 Å². The van der Waals surface area contributed by atoms with Gasteiger partial charge in [-0.15, -0.1) is 0 Å². The average molecular weight is 866 g/mol. The molecule has 0 spiro atoms. The van der Waals surface area contributed by atoms with Crippen molar-refractivity contribution in [3.63, 3.8) is 0 Å². The summed E-state index contributed by atoms with van der Waals surface area (Å²) >= 11 is 0. The van der Waals surface area contributed by atoms with Crippen LogP contribution in [0, 0.1) is 35.5 Å². The lowest BCUT2D eigenvalue weighted by Gasteiger charge is -2.49. The molecule has 3 aliphatic heterocycles. The topological polar surface area (TPSA) is 226 Å². The van der Waals surface area contributed by atoms with Gasteiger partial charge in [-0.1, -0.05) is 89.1 Å². The number of aliphatic hydroxyl groups excluding tert-OH is 4. The maximum Gasteiger partial charge on any atom is 0.404 e. The first kappa shape index (κ1) is 52.2. The Morgan fingerprint density at radius 1 is 1.10 bits per heavy atom. The van der Waals surface area contributed by atoms with Crippen LogP contribution in [-0.2, 0) is 38.0 Å². The van der Waals surface area contributed by atoms with E-state index in [9.17, 15) is 35.1 Å². The molecular weight excluding hydrogens is 790 g/mol. The molecule has 0 radical (unpaired) electrons. The molecule has 15 nitrogen and oxygen atoms in total. The number of amides is 1. The van der Waals surface area contributed by atoms with E-state index in [0.717, 1.165) is 5.57 Å². The molecule has 0 aliphatic carbocycles. The highest BCUT2D eigenvalue weighted by Crippen LogP contribution is 2.42. The summed E-state index contributed by atoms with van der Waals surface area (Å²) in [5.41, 5.74) is 6.78. The van der Waals surface area contributed by atoms with Crippen LogP contribution >= 0.6 is 0 Å². The number of rotatable bonds is 11. The summed E-state index contributed by atoms with van der Waals surface area (Å²) in [5.74, 6) is -6.00. The fourth-order valence-corrected chi connectivity index (χ4v) is 8.94. The fraction of sp³-hybridized carbons (Fsp3) is 0.739. The normalized spacial score (nSPS) is 42.2. The van der Waals surface area contributed by atoms with E-state index in [4.69, 9.17) is 38.9 Å². The minimum absolute atomic E-state index is 0.0313. The second-order valence-electron chi connectivity index (χ2n) is 17.5. The second kappa shape index (κ2) is 23.5. The number of primary amides is 1. The van der Waals surface area contributed by atoms with E-state index in [-0.39, 0.29) is 42.3 Å². The Morgan fingerprint density at radius 3 is 2.34 bits per heavy atom. The minimum Gasteiger partial charge on any atom is -0.490 e. The zero-order valence-electron chi connectivity index (χ0n) is 38.2. The van der Waals surface area contributed by atoms with Crippen LogP contribution in [0.2, 0.25) is 0 Å². The van der Waals surface area contributed by atoms with Gasteiger partial charge in [0.1, 0.15) is 12.2 Å². The van der Waals surface area contributed by atoms with Crippen LogP contribution in [0.15, 0.2) is 59.4 Å². The van der Waals surface area contributed by atoms with Gasteiger partial charge >= 0.3 is 12.1 Å². The van der Waals surface area contributed by atoms with Crippen molar-refractivity contribution in [2.75, 3.05) is 14.2 Å². The summed E-state index contributed by atoms with van der Waals surface area (Å²) in [5, 5.41) is 58.0. The number of ether oxygens (including phenoxy) is 7. The third kappa shape index (κ3) is 13.7. The van der Waals surface area contributed by atoms with Crippen molar-refractivity contribution in [1.82, 2.24) is 0 Å². The van der Waals surface area contributed by atoms with Gasteiger partial charge in [-0.3, -0.25) is 0 Å². The highest BCUT2D eigenvalue weighted by atomic mass is 16.7. The molecule has 0 unspecified atom stereocenters. The van der Waals surface area contributed by atoms with Crippen molar-refractivity contribution in [2.24, 2.45) is 41.2 Å². The molecule has 3 rings (SSSR count). The molecule has 1 amide bonds. The molecule has 0 aromatic rings. The van der Waals surface area contributed by atoms with Crippen molar-refractivity contribution in [1.29, 1.82) is 0 Å². The molecule has 7 N–H and O–H groups in total. The van der Waals surface area contributed by atoms with E-state index >= 15 is 0 Å². The number of allylic oxidation sites excluding steroid dienone is 6. The average Bonchev–Trinajstić information content (AvgIpc) is 3.19. The molecule has 2 saturated heterocycles. The molecule has 61 heavy (non-hydrogen) atoms. The molecule has 0 bridgehead atoms. The molecule has 0 aromatic carbocycles. The molecule has 3 aliphatic rings. The molecule has 15 heteroatoms. The van der Waals surface area contributed by atoms with Crippen molar-refractivity contribution in [2.45, 2.75) is 168 Å². The zero-order valence-corrected chi connectivity index (χ0v) is 38.2. The lowest BCUT2D eigenvalue weighted by Crippen LogP contribution is -2.59. The monoisotopic (exact) mass is 866 g/mol. The van der Waals surface area contributed by atoms with Crippen molar-refractivity contribution in [3.8, 4) is 0 Å². The van der Waals surface area contributed by atoms with Gasteiger partial charge in [-0.25, -0.2) is 9.59 Å². The van der Waals surface area contributed by atoms with Crippen molar-refractivity contribution < 1.29 is 68.3 Å². The number of cyclic esters (lactones) is 1. The van der Waals surface area contributed by atoms with Crippen molar-refractivity contribution >= 4 is 12.1 Å². The van der Waals surface area contributed by atoms with Gasteiger partial charge in [0, 0.05) is 49.5 Å². The lowest BCUT2D eigenvalue weighted by molar-refractivity contribution is -0.338. The molecule has 348 valence electrons. The van der Waals surface area contributed by atoms with E-state index in [1.165, 1.54) is 20.3 Å². The Hall–Kier alpha value is -3.12. The Kier molecular flexibility index (Phi) is 20.1. The van der Waals surface area contributed by atoms with E-state index < -0.39 is 97.0 Å². The Balaban J connectivity index is 2.00. The Bertz CT molecular complexity index is 1570. The standard InChI is InChI=1S/C46H75NO14/c1-13-16-34-28(7)37(58-38-22-33(48)43(31(10)57-38)60-45(47)53)23-46(54,61-34)30(9)41(51)29(8)42-35(55-11)18-15-17-24(3)19-26(5)39(49)32(14-2)40(50)27(6)20-25(4)21-36(56-12)44(52)59-42/h13,15-18,20-21,26-35,37-43,48-51,54H,14,19,22-23H2,1-12H3,(H2,47,53)/b16-13+,18-15-,24-17-,25-20-,36-21+/t26-,27-,28-,29+,30+,31-,32+,33-,34-,35-,37-,38+,39+,40-,41-,42-,43-,46-/m1/s1. The largest absolute Gasteiger partial charge is 0.490 e. The van der Waals surface area contributed by atoms with Gasteiger partial charge in [0.05, 0.1) is 49.8 Å². The molecule has 3 heterocycles. The number of carbonyl (C=O) groups is 2. The van der Waals surface area contributed by atoms with Gasteiger partial charge in [0.25, 0.3) is 0 Å². The summed E-state index contributed by atoms with van der Waals surface area (Å²) in [7, 11) is 2.81. The maximum atomic E-state index is 13.9. The third-order valence-electron chi connectivity index (χ3n) is 12.8. The van der Waals surface area contributed by atoms with E-state index in [2.05, 4.69) is 0 Å². The van der Waals surface area contributed by atoms with E-state index in [0.29, 0.717) is 18.4 Å². The number of nitrogens with two attached hydrogens (primary N) is 1. The van der Waals surface area contributed by atoms with E-state index in [1.807, 2.05) is 53.7 Å². The second-order valence-corrected chi connectivity index (χ2v) is 17.5. The highest BCUT2D eigenvalue weighted by molar-refractivity contribution is 5.87. The number of methoxy groups -OCH3 is 2. The molecular formula is C46H75NO14. The minimum atomic E-state index is -1.97. The quantitative estimate of drug-likeness (QED) is 0.119. The summed E-state index contributed by atoms with van der Waals surface area (Å²) in [6, 6.07) is 0. The first-order valence-electron chi connectivity index (χ1n) is 21.7. The molecule has 2 fully saturated rings. The van der Waals surface area contributed by atoms with E-state index in [1.54, 1.807) is 52.0 Å². The van der Waals surface area contributed by atoms with Crippen LogP contribution in [0.3, 0.4) is 0 Å². The van der Waals surface area contributed by atoms with Gasteiger partial charge in [-0.05, 0) is 52.5 Å². The predicted octanol–water partition coefficient (Wildman–Crippen LogP) is 4.98. The van der Waals surface area contributed by atoms with Gasteiger partial charge in [-0.2, -0.15) is 0 Å². The molecule has 0 saturated carbocycles. The van der Waals surface area contributed by atoms with Crippen LogP contribution in [0.5, 0.6) is 0 Å². The first-order chi connectivity index (χ1) is 28.6. The van der Waals surface area contributed by atoms with Gasteiger partial charge in [0.2, 0.25) is 5.76 Å². The van der Waals surface area contributed by atoms with Crippen LogP contribution < -0.4 is 5.73 Å². The summed E-state index contributed by atoms with van der Waals surface area (Å²) in [6.45, 7) is 18.2. The lowest BCUT2D eigenvalue weighted by atomic mass is 9.77.